The van der Waals surface area contributed by atoms with Gasteiger partial charge < -0.3 is 24.4 Å². The average Bonchev–Trinajstić information content (AvgIpc) is 2.31. The van der Waals surface area contributed by atoms with Crippen LogP contribution in [0.2, 0.25) is 0 Å². The first-order chi connectivity index (χ1) is 5.74. The van der Waals surface area contributed by atoms with Crippen LogP contribution in [0.25, 0.3) is 0 Å². The van der Waals surface area contributed by atoms with Gasteiger partial charge in [0.15, 0.2) is 6.29 Å². The standard InChI is InChI=1S/C7H12O5/c1-10-7-5(9)6-4(8)3(12-7)2-11-6/h3-9H,2H2,1H3/t3-,4+,5+,6+,7-/m1/s1. The first kappa shape index (κ1) is 8.40. The molecule has 0 aromatic rings. The highest BCUT2D eigenvalue weighted by molar-refractivity contribution is 4.94. The van der Waals surface area contributed by atoms with Gasteiger partial charge >= 0.3 is 0 Å². The molecule has 2 saturated heterocycles. The van der Waals surface area contributed by atoms with Crippen LogP contribution in [0, 0.1) is 0 Å². The number of fused-ring (bicyclic) bond motifs is 2. The number of aliphatic hydroxyl groups is 2. The van der Waals surface area contributed by atoms with Gasteiger partial charge in [-0.2, -0.15) is 0 Å². The van der Waals surface area contributed by atoms with E-state index in [1.807, 2.05) is 0 Å². The van der Waals surface area contributed by atoms with Gasteiger partial charge in [-0.3, -0.25) is 0 Å². The lowest BCUT2D eigenvalue weighted by Crippen LogP contribution is -2.53. The average molecular weight is 176 g/mol. The number of methoxy groups -OCH3 is 1. The zero-order chi connectivity index (χ0) is 8.72. The Hall–Kier alpha value is -0.200. The molecule has 5 atom stereocenters. The fraction of sp³-hybridized carbons (Fsp3) is 1.00. The molecule has 5 nitrogen and oxygen atoms in total. The molecule has 0 spiro atoms. The second-order valence-corrected chi connectivity index (χ2v) is 3.06. The van der Waals surface area contributed by atoms with Crippen LogP contribution in [0.4, 0.5) is 0 Å². The Morgan fingerprint density at radius 3 is 2.75 bits per heavy atom. The highest BCUT2D eigenvalue weighted by atomic mass is 16.7. The van der Waals surface area contributed by atoms with Crippen LogP contribution in [0.3, 0.4) is 0 Å². The van der Waals surface area contributed by atoms with Crippen molar-refractivity contribution in [3.63, 3.8) is 0 Å². The molecule has 0 saturated carbocycles. The first-order valence-corrected chi connectivity index (χ1v) is 3.90. The number of aliphatic hydroxyl groups excluding tert-OH is 2. The van der Waals surface area contributed by atoms with E-state index in [1.165, 1.54) is 7.11 Å². The van der Waals surface area contributed by atoms with E-state index in [0.717, 1.165) is 0 Å². The summed E-state index contributed by atoms with van der Waals surface area (Å²) < 4.78 is 15.2. The molecular weight excluding hydrogens is 164 g/mol. The molecule has 0 aromatic carbocycles. The smallest absolute Gasteiger partial charge is 0.186 e. The van der Waals surface area contributed by atoms with E-state index in [4.69, 9.17) is 14.2 Å². The number of ether oxygens (including phenoxy) is 3. The molecule has 2 bridgehead atoms. The molecule has 2 heterocycles. The molecule has 0 aliphatic carbocycles. The zero-order valence-electron chi connectivity index (χ0n) is 6.71. The molecule has 0 aromatic heterocycles. The predicted molar refractivity (Wildman–Crippen MR) is 37.4 cm³/mol. The summed E-state index contributed by atoms with van der Waals surface area (Å²) in [4.78, 5) is 0. The molecule has 2 fully saturated rings. The van der Waals surface area contributed by atoms with Crippen molar-refractivity contribution in [1.29, 1.82) is 0 Å². The number of rotatable bonds is 1. The van der Waals surface area contributed by atoms with Crippen molar-refractivity contribution in [3.8, 4) is 0 Å². The van der Waals surface area contributed by atoms with E-state index in [9.17, 15) is 10.2 Å². The molecule has 0 radical (unpaired) electrons. The van der Waals surface area contributed by atoms with Crippen LogP contribution in [0.1, 0.15) is 0 Å². The summed E-state index contributed by atoms with van der Waals surface area (Å²) >= 11 is 0. The van der Waals surface area contributed by atoms with Crippen molar-refractivity contribution < 1.29 is 24.4 Å². The van der Waals surface area contributed by atoms with E-state index in [2.05, 4.69) is 0 Å². The SMILES string of the molecule is CO[C@@H]1O[C@@H]2CO[C@H]([C@@H]1O)[C@H]2O. The molecule has 2 rings (SSSR count). The van der Waals surface area contributed by atoms with Crippen molar-refractivity contribution in [2.24, 2.45) is 0 Å². The molecular formula is C7H12O5. The van der Waals surface area contributed by atoms with Crippen LogP contribution in [-0.4, -0.2) is 54.6 Å². The fourth-order valence-corrected chi connectivity index (χ4v) is 1.64. The van der Waals surface area contributed by atoms with Crippen molar-refractivity contribution in [1.82, 2.24) is 0 Å². The minimum Gasteiger partial charge on any atom is -0.387 e. The Kier molecular flexibility index (Phi) is 2.05. The first-order valence-electron chi connectivity index (χ1n) is 3.90. The van der Waals surface area contributed by atoms with Crippen LogP contribution >= 0.6 is 0 Å². The summed E-state index contributed by atoms with van der Waals surface area (Å²) in [5.41, 5.74) is 0. The Morgan fingerprint density at radius 1 is 1.33 bits per heavy atom. The zero-order valence-corrected chi connectivity index (χ0v) is 6.71. The van der Waals surface area contributed by atoms with Crippen molar-refractivity contribution >= 4 is 0 Å². The van der Waals surface area contributed by atoms with E-state index < -0.39 is 24.6 Å². The van der Waals surface area contributed by atoms with Gasteiger partial charge in [-0.05, 0) is 0 Å². The van der Waals surface area contributed by atoms with Gasteiger partial charge in [-0.25, -0.2) is 0 Å². The molecule has 0 amide bonds. The topological polar surface area (TPSA) is 68.2 Å². The minimum absolute atomic E-state index is 0.322. The molecule has 0 unspecified atom stereocenters. The summed E-state index contributed by atoms with van der Waals surface area (Å²) in [5.74, 6) is 0. The molecule has 5 heteroatoms. The van der Waals surface area contributed by atoms with Crippen LogP contribution in [0.5, 0.6) is 0 Å². The van der Waals surface area contributed by atoms with Gasteiger partial charge in [0.25, 0.3) is 0 Å². The fourth-order valence-electron chi connectivity index (χ4n) is 1.64. The van der Waals surface area contributed by atoms with Gasteiger partial charge in [0, 0.05) is 7.11 Å². The maximum atomic E-state index is 9.49. The van der Waals surface area contributed by atoms with Crippen molar-refractivity contribution in [3.05, 3.63) is 0 Å². The molecule has 12 heavy (non-hydrogen) atoms. The Bertz CT molecular complexity index is 173. The van der Waals surface area contributed by atoms with Crippen molar-refractivity contribution in [2.75, 3.05) is 13.7 Å². The van der Waals surface area contributed by atoms with Crippen molar-refractivity contribution in [2.45, 2.75) is 30.7 Å². The van der Waals surface area contributed by atoms with E-state index in [-0.39, 0.29) is 6.10 Å². The van der Waals surface area contributed by atoms with Gasteiger partial charge in [0.2, 0.25) is 0 Å². The third-order valence-electron chi connectivity index (χ3n) is 2.33. The lowest BCUT2D eigenvalue weighted by Gasteiger charge is -2.33. The number of hydrogen-bond acceptors (Lipinski definition) is 5. The van der Waals surface area contributed by atoms with Crippen LogP contribution < -0.4 is 0 Å². The molecule has 2 aliphatic rings. The minimum atomic E-state index is -0.899. The summed E-state index contributed by atoms with van der Waals surface area (Å²) in [6, 6.07) is 0. The second kappa shape index (κ2) is 2.93. The van der Waals surface area contributed by atoms with Crippen LogP contribution in [-0.2, 0) is 14.2 Å². The van der Waals surface area contributed by atoms with E-state index in [1.54, 1.807) is 0 Å². The summed E-state index contributed by atoms with van der Waals surface area (Å²) in [7, 11) is 1.45. The second-order valence-electron chi connectivity index (χ2n) is 3.06. The monoisotopic (exact) mass is 176 g/mol. The summed E-state index contributed by atoms with van der Waals surface area (Å²) in [6.45, 7) is 0.322. The van der Waals surface area contributed by atoms with Gasteiger partial charge in [-0.15, -0.1) is 0 Å². The Balaban J connectivity index is 2.12. The summed E-state index contributed by atoms with van der Waals surface area (Å²) in [5, 5.41) is 18.9. The predicted octanol–water partition coefficient (Wildman–Crippen LogP) is -1.52. The normalized spacial score (nSPS) is 52.8. The van der Waals surface area contributed by atoms with Gasteiger partial charge in [0.1, 0.15) is 24.4 Å². The molecule has 2 N–H and O–H groups in total. The van der Waals surface area contributed by atoms with E-state index in [0.29, 0.717) is 6.61 Å². The third-order valence-corrected chi connectivity index (χ3v) is 2.33. The Labute approximate surface area is 69.8 Å². The lowest BCUT2D eigenvalue weighted by molar-refractivity contribution is -0.253. The molecule has 2 aliphatic heterocycles. The van der Waals surface area contributed by atoms with Gasteiger partial charge in [-0.1, -0.05) is 0 Å². The highest BCUT2D eigenvalue weighted by Crippen LogP contribution is 2.29. The van der Waals surface area contributed by atoms with Crippen LogP contribution in [0.15, 0.2) is 0 Å². The largest absolute Gasteiger partial charge is 0.387 e. The molecule has 70 valence electrons. The van der Waals surface area contributed by atoms with Gasteiger partial charge in [0.05, 0.1) is 6.61 Å². The number of hydrogen-bond donors (Lipinski definition) is 2. The van der Waals surface area contributed by atoms with E-state index >= 15 is 0 Å². The highest BCUT2D eigenvalue weighted by Gasteiger charge is 2.50. The summed E-state index contributed by atoms with van der Waals surface area (Å²) in [6.07, 6.45) is -3.22. The maximum Gasteiger partial charge on any atom is 0.186 e. The lowest BCUT2D eigenvalue weighted by atomic mass is 10.0. The third kappa shape index (κ3) is 1.06. The quantitative estimate of drug-likeness (QED) is 0.507. The Morgan fingerprint density at radius 2 is 2.08 bits per heavy atom. The maximum absolute atomic E-state index is 9.49.